The average Bonchev–Trinajstić information content (AvgIpc) is 3.68. The number of ether oxygens (including phenoxy) is 3. The molecule has 3 aliphatic heterocycles. The Morgan fingerprint density at radius 2 is 1.82 bits per heavy atom. The summed E-state index contributed by atoms with van der Waals surface area (Å²) < 4.78 is 20.7. The van der Waals surface area contributed by atoms with Crippen LogP contribution in [-0.2, 0) is 9.47 Å². The van der Waals surface area contributed by atoms with E-state index in [9.17, 15) is 0 Å². The number of benzene rings is 1. The van der Waals surface area contributed by atoms with Crippen molar-refractivity contribution in [3.8, 4) is 17.1 Å². The minimum Gasteiger partial charge on any atom is -0.486 e. The second-order valence-electron chi connectivity index (χ2n) is 12.6. The van der Waals surface area contributed by atoms with Gasteiger partial charge in [-0.2, -0.15) is 5.10 Å². The highest BCUT2D eigenvalue weighted by molar-refractivity contribution is 6.35. The zero-order valence-corrected chi connectivity index (χ0v) is 27.3. The van der Waals surface area contributed by atoms with Crippen LogP contribution < -0.4 is 9.64 Å². The maximum Gasteiger partial charge on any atom is 0.151 e. The lowest BCUT2D eigenvalue weighted by Crippen LogP contribution is -2.62. The highest BCUT2D eigenvalue weighted by Gasteiger charge is 2.40. The number of pyridine rings is 1. The highest BCUT2D eigenvalue weighted by atomic mass is 35.5. The first-order valence-electron chi connectivity index (χ1n) is 15.9. The Morgan fingerprint density at radius 3 is 2.53 bits per heavy atom. The quantitative estimate of drug-likeness (QED) is 0.185. The monoisotopic (exact) mass is 651 g/mol. The molecule has 3 aliphatic rings. The fourth-order valence-corrected chi connectivity index (χ4v) is 7.33. The number of hydrogen-bond acceptors (Lipinski definition) is 9. The summed E-state index contributed by atoms with van der Waals surface area (Å²) in [6.07, 6.45) is 8.28. The molecule has 0 bridgehead atoms. The number of fused-ring (bicyclic) bond motifs is 1. The van der Waals surface area contributed by atoms with E-state index in [0.717, 1.165) is 74.5 Å². The second kappa shape index (κ2) is 13.0. The summed E-state index contributed by atoms with van der Waals surface area (Å²) in [6.45, 7) is 10.6. The minimum absolute atomic E-state index is 0.133. The van der Waals surface area contributed by atoms with Crippen LogP contribution in [0.2, 0.25) is 10.0 Å². The lowest BCUT2D eigenvalue weighted by atomic mass is 9.96. The molecule has 0 aliphatic carbocycles. The fourth-order valence-electron chi connectivity index (χ4n) is 6.65. The first kappa shape index (κ1) is 30.6. The van der Waals surface area contributed by atoms with Crippen molar-refractivity contribution in [1.29, 1.82) is 0 Å². The number of aromatic nitrogens is 5. The number of likely N-dealkylation sites (tertiary alicyclic amines) is 1. The summed E-state index contributed by atoms with van der Waals surface area (Å²) >= 11 is 12.8. The van der Waals surface area contributed by atoms with E-state index in [1.54, 1.807) is 12.4 Å². The molecule has 238 valence electrons. The lowest BCUT2D eigenvalue weighted by Gasteiger charge is -2.48. The zero-order chi connectivity index (χ0) is 31.0. The molecular formula is C33H39Cl2N7O3. The molecule has 2 atom stereocenters. The van der Waals surface area contributed by atoms with E-state index in [-0.39, 0.29) is 11.8 Å². The van der Waals surface area contributed by atoms with Gasteiger partial charge in [-0.3, -0.25) is 4.98 Å². The lowest BCUT2D eigenvalue weighted by molar-refractivity contribution is -0.0564. The Labute approximate surface area is 273 Å². The SMILES string of the molecule is C[C@@H](Oc1ccc2c(c1)c(-c1ccc(N3CC(C)(OCCN4CCCC4)C3)nn1)nn2C1CCCCO1)c1c(Cl)cncc1Cl. The second-order valence-corrected chi connectivity index (χ2v) is 13.4. The van der Waals surface area contributed by atoms with Crippen LogP contribution >= 0.6 is 23.2 Å². The van der Waals surface area contributed by atoms with E-state index in [4.69, 9.17) is 42.5 Å². The van der Waals surface area contributed by atoms with E-state index in [1.807, 2.05) is 41.9 Å². The van der Waals surface area contributed by atoms with Gasteiger partial charge in [-0.05, 0) is 89.4 Å². The van der Waals surface area contributed by atoms with Crippen LogP contribution in [-0.4, -0.2) is 81.4 Å². The van der Waals surface area contributed by atoms with Gasteiger partial charge >= 0.3 is 0 Å². The van der Waals surface area contributed by atoms with Gasteiger partial charge in [0, 0.05) is 36.5 Å². The molecule has 6 heterocycles. The Kier molecular flexibility index (Phi) is 8.85. The number of rotatable bonds is 10. The van der Waals surface area contributed by atoms with Gasteiger partial charge in [0.2, 0.25) is 0 Å². The third-order valence-corrected chi connectivity index (χ3v) is 9.64. The molecular weight excluding hydrogens is 613 g/mol. The molecule has 4 aromatic rings. The van der Waals surface area contributed by atoms with Gasteiger partial charge in [0.1, 0.15) is 28.8 Å². The molecule has 3 fully saturated rings. The number of hydrogen-bond donors (Lipinski definition) is 0. The molecule has 0 spiro atoms. The summed E-state index contributed by atoms with van der Waals surface area (Å²) in [5.74, 6) is 1.50. The maximum absolute atomic E-state index is 6.41. The van der Waals surface area contributed by atoms with Crippen molar-refractivity contribution in [3.05, 3.63) is 58.3 Å². The molecule has 3 saturated heterocycles. The Bertz CT molecular complexity index is 1610. The summed E-state index contributed by atoms with van der Waals surface area (Å²) in [7, 11) is 0. The topological polar surface area (TPSA) is 90.7 Å². The first-order chi connectivity index (χ1) is 21.9. The molecule has 0 N–H and O–H groups in total. The van der Waals surface area contributed by atoms with Gasteiger partial charge in [-0.1, -0.05) is 23.2 Å². The zero-order valence-electron chi connectivity index (χ0n) is 25.8. The third-order valence-electron chi connectivity index (χ3n) is 9.04. The van der Waals surface area contributed by atoms with Crippen molar-refractivity contribution in [1.82, 2.24) is 29.9 Å². The van der Waals surface area contributed by atoms with Crippen molar-refractivity contribution in [2.45, 2.75) is 63.9 Å². The Hall–Kier alpha value is -3.02. The van der Waals surface area contributed by atoms with Crippen molar-refractivity contribution >= 4 is 39.9 Å². The summed E-state index contributed by atoms with van der Waals surface area (Å²) in [5, 5.41) is 16.1. The van der Waals surface area contributed by atoms with Crippen LogP contribution in [0.5, 0.6) is 5.75 Å². The van der Waals surface area contributed by atoms with Gasteiger partial charge in [0.15, 0.2) is 12.0 Å². The molecule has 3 aromatic heterocycles. The Morgan fingerprint density at radius 1 is 1.02 bits per heavy atom. The molecule has 7 rings (SSSR count). The van der Waals surface area contributed by atoms with E-state index >= 15 is 0 Å². The minimum atomic E-state index is -0.392. The van der Waals surface area contributed by atoms with Crippen LogP contribution in [0.4, 0.5) is 5.82 Å². The van der Waals surface area contributed by atoms with E-state index in [2.05, 4.69) is 31.9 Å². The van der Waals surface area contributed by atoms with Gasteiger partial charge in [-0.15, -0.1) is 10.2 Å². The molecule has 0 saturated carbocycles. The fraction of sp³-hybridized carbons (Fsp3) is 0.515. The summed E-state index contributed by atoms with van der Waals surface area (Å²) in [4.78, 5) is 8.75. The van der Waals surface area contributed by atoms with Gasteiger partial charge in [0.25, 0.3) is 0 Å². The van der Waals surface area contributed by atoms with Crippen LogP contribution in [0.15, 0.2) is 42.7 Å². The van der Waals surface area contributed by atoms with Gasteiger partial charge < -0.3 is 24.0 Å². The predicted octanol–water partition coefficient (Wildman–Crippen LogP) is 6.73. The Balaban J connectivity index is 1.11. The number of halogens is 2. The molecule has 1 aromatic carbocycles. The molecule has 12 heteroatoms. The van der Waals surface area contributed by atoms with Gasteiger partial charge in [-0.25, -0.2) is 4.68 Å². The largest absolute Gasteiger partial charge is 0.486 e. The van der Waals surface area contributed by atoms with Crippen molar-refractivity contribution in [3.63, 3.8) is 0 Å². The van der Waals surface area contributed by atoms with Crippen molar-refractivity contribution in [2.24, 2.45) is 0 Å². The van der Waals surface area contributed by atoms with Crippen LogP contribution in [0.3, 0.4) is 0 Å². The molecule has 10 nitrogen and oxygen atoms in total. The van der Waals surface area contributed by atoms with Crippen molar-refractivity contribution < 1.29 is 14.2 Å². The highest BCUT2D eigenvalue weighted by Crippen LogP contribution is 2.37. The number of anilines is 1. The van der Waals surface area contributed by atoms with Crippen LogP contribution in [0.1, 0.15) is 63.8 Å². The van der Waals surface area contributed by atoms with Gasteiger partial charge in [0.05, 0.1) is 35.3 Å². The molecule has 1 unspecified atom stereocenters. The maximum atomic E-state index is 6.41. The average molecular weight is 653 g/mol. The standard InChI is InChI=1S/C33H39Cl2N7O3/c1-22(31-25(34)18-36-19-26(31)35)45-23-8-10-28-24(17-23)32(39-42(28)30-7-3-6-15-43-30)27-9-11-29(38-37-27)41-20-33(2,21-41)44-16-14-40-12-4-5-13-40/h8-11,17-19,22,30H,3-7,12-16,20-21H2,1-2H3/t22-,30?/m1/s1. The summed E-state index contributed by atoms with van der Waals surface area (Å²) in [6, 6.07) is 9.96. The molecule has 45 heavy (non-hydrogen) atoms. The van der Waals surface area contributed by atoms with Crippen LogP contribution in [0.25, 0.3) is 22.3 Å². The third kappa shape index (κ3) is 6.49. The normalized spacial score (nSPS) is 20.8. The van der Waals surface area contributed by atoms with Crippen LogP contribution in [0, 0.1) is 0 Å². The smallest absolute Gasteiger partial charge is 0.151 e. The summed E-state index contributed by atoms with van der Waals surface area (Å²) in [5.41, 5.74) is 2.91. The van der Waals surface area contributed by atoms with E-state index in [1.165, 1.54) is 25.9 Å². The van der Waals surface area contributed by atoms with Crippen molar-refractivity contribution in [2.75, 3.05) is 50.8 Å². The van der Waals surface area contributed by atoms with E-state index in [0.29, 0.717) is 27.1 Å². The molecule has 0 amide bonds. The number of nitrogens with zero attached hydrogens (tertiary/aromatic N) is 7. The molecule has 0 radical (unpaired) electrons. The predicted molar refractivity (Wildman–Crippen MR) is 175 cm³/mol. The van der Waals surface area contributed by atoms with E-state index < -0.39 is 6.10 Å². The first-order valence-corrected chi connectivity index (χ1v) is 16.7.